The normalized spacial score (nSPS) is 11.5. The second-order valence-corrected chi connectivity index (χ2v) is 19.2. The van der Waals surface area contributed by atoms with Gasteiger partial charge in [0.25, 0.3) is 0 Å². The first-order valence-corrected chi connectivity index (χ1v) is 27.1. The van der Waals surface area contributed by atoms with Crippen LogP contribution in [0.25, 0.3) is 54.2 Å². The van der Waals surface area contributed by atoms with Crippen LogP contribution in [0.1, 0.15) is 193 Å². The average molecular weight is 923 g/mol. The van der Waals surface area contributed by atoms with Crippen LogP contribution in [0.3, 0.4) is 0 Å². The van der Waals surface area contributed by atoms with Gasteiger partial charge in [-0.2, -0.15) is 0 Å². The van der Waals surface area contributed by atoms with Gasteiger partial charge in [-0.05, 0) is 82.3 Å². The molecule has 6 nitrogen and oxygen atoms in total. The Kier molecular flexibility index (Phi) is 22.3. The zero-order valence-electron chi connectivity index (χ0n) is 42.3. The molecule has 68 heavy (non-hydrogen) atoms. The minimum absolute atomic E-state index is 0.335. The number of carbonyl (C=O) groups excluding carboxylic acids is 2. The number of rotatable bonds is 31. The van der Waals surface area contributed by atoms with Crippen molar-refractivity contribution in [3.63, 3.8) is 0 Å². The fourth-order valence-electron chi connectivity index (χ4n) is 9.96. The molecule has 0 aromatic heterocycles. The van der Waals surface area contributed by atoms with Crippen molar-refractivity contribution >= 4 is 55.4 Å². The van der Waals surface area contributed by atoms with Crippen LogP contribution < -0.4 is 9.47 Å². The summed E-state index contributed by atoms with van der Waals surface area (Å²) in [5, 5.41) is 7.41. The predicted octanol–water partition coefficient (Wildman–Crippen LogP) is 19.5. The fraction of sp³-hybridized carbons (Fsp3) is 0.516. The summed E-state index contributed by atoms with van der Waals surface area (Å²) in [6.45, 7) is 9.63. The predicted molar refractivity (Wildman–Crippen MR) is 287 cm³/mol. The maximum Gasteiger partial charge on any atom is 0.513 e. The lowest BCUT2D eigenvalue weighted by Gasteiger charge is -2.22. The minimum Gasteiger partial charge on any atom is -0.434 e. The van der Waals surface area contributed by atoms with Crippen LogP contribution in [-0.4, -0.2) is 25.5 Å². The third kappa shape index (κ3) is 14.9. The highest BCUT2D eigenvalue weighted by molar-refractivity contribution is 6.27. The van der Waals surface area contributed by atoms with Gasteiger partial charge in [0.05, 0.1) is 13.2 Å². The van der Waals surface area contributed by atoms with E-state index in [0.29, 0.717) is 24.7 Å². The van der Waals surface area contributed by atoms with Gasteiger partial charge in [0.1, 0.15) is 11.5 Å². The summed E-state index contributed by atoms with van der Waals surface area (Å²) in [5.41, 5.74) is 4.66. The molecule has 0 amide bonds. The number of hydrogen-bond donors (Lipinski definition) is 0. The number of hydrogen-bond acceptors (Lipinski definition) is 6. The SMILES string of the molecule is CCCCCCCCOC(=O)Oc1c2ccccc2c(-c2c3ccccc3c(OC(=O)OCCCCCCCC)c3ccc(CCCCCCCC)cc23)c2cc(CCCCCCCC)ccc12. The zero-order chi connectivity index (χ0) is 47.8. The van der Waals surface area contributed by atoms with E-state index in [1.165, 1.54) is 114 Å². The second-order valence-electron chi connectivity index (χ2n) is 19.2. The Morgan fingerprint density at radius 2 is 0.647 bits per heavy atom. The second kappa shape index (κ2) is 29.0. The summed E-state index contributed by atoms with van der Waals surface area (Å²) in [7, 11) is 0. The van der Waals surface area contributed by atoms with Crippen molar-refractivity contribution in [2.75, 3.05) is 13.2 Å². The van der Waals surface area contributed by atoms with Crippen LogP contribution in [0.2, 0.25) is 0 Å². The van der Waals surface area contributed by atoms with Crippen molar-refractivity contribution in [3.8, 4) is 22.6 Å². The molecule has 0 aliphatic carbocycles. The van der Waals surface area contributed by atoms with Gasteiger partial charge in [0, 0.05) is 21.5 Å². The van der Waals surface area contributed by atoms with E-state index < -0.39 is 12.3 Å². The van der Waals surface area contributed by atoms with Crippen molar-refractivity contribution in [3.05, 3.63) is 96.1 Å². The zero-order valence-corrected chi connectivity index (χ0v) is 42.3. The molecule has 0 N–H and O–H groups in total. The molecule has 0 radical (unpaired) electrons. The van der Waals surface area contributed by atoms with E-state index in [-0.39, 0.29) is 0 Å². The van der Waals surface area contributed by atoms with Gasteiger partial charge in [-0.15, -0.1) is 0 Å². The smallest absolute Gasteiger partial charge is 0.434 e. The molecule has 0 bridgehead atoms. The van der Waals surface area contributed by atoms with Gasteiger partial charge in [-0.1, -0.05) is 241 Å². The van der Waals surface area contributed by atoms with Gasteiger partial charge < -0.3 is 18.9 Å². The Labute approximate surface area is 408 Å². The molecular weight excluding hydrogens is 841 g/mol. The van der Waals surface area contributed by atoms with Gasteiger partial charge in [-0.3, -0.25) is 0 Å². The van der Waals surface area contributed by atoms with E-state index in [2.05, 4.69) is 100 Å². The Morgan fingerprint density at radius 1 is 0.338 bits per heavy atom. The third-order valence-electron chi connectivity index (χ3n) is 13.8. The van der Waals surface area contributed by atoms with Crippen LogP contribution in [0, 0.1) is 0 Å². The molecule has 6 aromatic rings. The number of ether oxygens (including phenoxy) is 4. The molecule has 0 atom stereocenters. The molecular formula is C62H82O6. The Bertz CT molecular complexity index is 2310. The summed E-state index contributed by atoms with van der Waals surface area (Å²) in [4.78, 5) is 27.2. The maximum atomic E-state index is 13.6. The highest BCUT2D eigenvalue weighted by atomic mass is 16.7. The molecule has 366 valence electrons. The average Bonchev–Trinajstić information content (AvgIpc) is 3.36. The van der Waals surface area contributed by atoms with Crippen molar-refractivity contribution in [2.24, 2.45) is 0 Å². The fourth-order valence-corrected chi connectivity index (χ4v) is 9.96. The summed E-state index contributed by atoms with van der Waals surface area (Å²) < 4.78 is 24.1. The van der Waals surface area contributed by atoms with E-state index in [9.17, 15) is 9.59 Å². The van der Waals surface area contributed by atoms with Gasteiger partial charge >= 0.3 is 12.3 Å². The first-order valence-electron chi connectivity index (χ1n) is 27.1. The topological polar surface area (TPSA) is 71.1 Å². The number of unbranched alkanes of at least 4 members (excludes halogenated alkanes) is 20. The molecule has 0 aliphatic rings. The summed E-state index contributed by atoms with van der Waals surface area (Å²) >= 11 is 0. The van der Waals surface area contributed by atoms with Gasteiger partial charge in [-0.25, -0.2) is 9.59 Å². The van der Waals surface area contributed by atoms with Crippen molar-refractivity contribution in [1.29, 1.82) is 0 Å². The maximum absolute atomic E-state index is 13.6. The van der Waals surface area contributed by atoms with Crippen LogP contribution >= 0.6 is 0 Å². The highest BCUT2D eigenvalue weighted by Gasteiger charge is 2.25. The quantitative estimate of drug-likeness (QED) is 0.0187. The van der Waals surface area contributed by atoms with E-state index in [1.54, 1.807) is 0 Å². The van der Waals surface area contributed by atoms with E-state index in [0.717, 1.165) is 118 Å². The molecule has 0 fully saturated rings. The molecule has 0 aliphatic heterocycles. The number of fused-ring (bicyclic) bond motifs is 4. The van der Waals surface area contributed by atoms with Crippen LogP contribution in [0.5, 0.6) is 11.5 Å². The Hall–Kier alpha value is -5.10. The molecule has 0 spiro atoms. The third-order valence-corrected chi connectivity index (χ3v) is 13.8. The van der Waals surface area contributed by atoms with Gasteiger partial charge in [0.15, 0.2) is 0 Å². The first kappa shape index (κ1) is 52.3. The van der Waals surface area contributed by atoms with Crippen LogP contribution in [0.15, 0.2) is 84.9 Å². The van der Waals surface area contributed by atoms with E-state index in [1.807, 2.05) is 12.1 Å². The van der Waals surface area contributed by atoms with Crippen molar-refractivity contribution in [1.82, 2.24) is 0 Å². The molecule has 6 aromatic carbocycles. The van der Waals surface area contributed by atoms with Crippen molar-refractivity contribution < 1.29 is 28.5 Å². The lowest BCUT2D eigenvalue weighted by Crippen LogP contribution is -2.12. The van der Waals surface area contributed by atoms with Crippen LogP contribution in [-0.2, 0) is 22.3 Å². The summed E-state index contributed by atoms with van der Waals surface area (Å²) in [6, 6.07) is 30.0. The molecule has 0 saturated carbocycles. The number of carbonyl (C=O) groups is 2. The van der Waals surface area contributed by atoms with E-state index >= 15 is 0 Å². The number of benzene rings is 6. The standard InChI is InChI=1S/C62H82O6/c1-5-9-13-17-21-25-33-47-39-41-53-55(45-47)57(49-35-27-29-37-51(49)59(53)67-61(63)65-43-31-23-19-15-11-7-3)58-50-36-28-30-38-52(50)60(68-62(64)66-44-32-24-20-16-12-8-4)54-42-40-48(46-56(54)58)34-26-22-18-14-10-6-2/h27-30,35-42,45-46H,5-26,31-34,43-44H2,1-4H3. The molecule has 0 unspecified atom stereocenters. The Balaban J connectivity index is 1.48. The summed E-state index contributed by atoms with van der Waals surface area (Å²) in [5.74, 6) is 1.03. The monoisotopic (exact) mass is 923 g/mol. The van der Waals surface area contributed by atoms with Crippen molar-refractivity contribution in [2.45, 2.75) is 195 Å². The highest BCUT2D eigenvalue weighted by Crippen LogP contribution is 2.50. The molecule has 0 heterocycles. The lowest BCUT2D eigenvalue weighted by atomic mass is 9.84. The van der Waals surface area contributed by atoms with Gasteiger partial charge in [0.2, 0.25) is 0 Å². The molecule has 6 rings (SSSR count). The van der Waals surface area contributed by atoms with Crippen LogP contribution in [0.4, 0.5) is 9.59 Å². The molecule has 6 heteroatoms. The summed E-state index contributed by atoms with van der Waals surface area (Å²) in [6.07, 6.45) is 28.5. The molecule has 0 saturated heterocycles. The van der Waals surface area contributed by atoms with E-state index in [4.69, 9.17) is 18.9 Å². The minimum atomic E-state index is -0.672. The number of aryl methyl sites for hydroxylation is 2. The Morgan fingerprint density at radius 3 is 1.01 bits per heavy atom. The first-order chi connectivity index (χ1) is 33.5. The lowest BCUT2D eigenvalue weighted by molar-refractivity contribution is 0.0972. The largest absolute Gasteiger partial charge is 0.513 e.